The minimum Gasteiger partial charge on any atom is -0.507 e. The van der Waals surface area contributed by atoms with E-state index in [0.717, 1.165) is 11.6 Å². The Morgan fingerprint density at radius 3 is 2.56 bits per heavy atom. The fraction of sp³-hybridized carbons (Fsp3) is 0.263. The van der Waals surface area contributed by atoms with Crippen molar-refractivity contribution in [1.29, 1.82) is 5.26 Å². The number of phenolic OH excluding ortho intramolecular Hbond substituents is 1. The molecular formula is C19H20FN3O2. The van der Waals surface area contributed by atoms with Crippen LogP contribution in [0.4, 0.5) is 4.39 Å². The molecule has 1 amide bonds. The molecule has 0 radical (unpaired) electrons. The Hall–Kier alpha value is -2.91. The summed E-state index contributed by atoms with van der Waals surface area (Å²) < 4.78 is 14.1. The van der Waals surface area contributed by atoms with Crippen LogP contribution in [-0.4, -0.2) is 48.0 Å². The molecule has 0 aliphatic heterocycles. The number of nitrogens with zero attached hydrogens (tertiary/aromatic N) is 3. The van der Waals surface area contributed by atoms with Gasteiger partial charge in [-0.15, -0.1) is 0 Å². The standard InChI is InChI=1S/C19H20FN3O2/c1-22(2)9-10-23(13-15-6-3-5-14(11-15)12-21)19(25)18-16(20)7-4-8-17(18)24/h3-8,11,24H,9-10,13H2,1-2H3. The number of carbonyl (C=O) groups excluding carboxylic acids is 1. The molecule has 0 heterocycles. The SMILES string of the molecule is CN(C)CCN(Cc1cccc(C#N)c1)C(=O)c1c(O)cccc1F. The lowest BCUT2D eigenvalue weighted by Crippen LogP contribution is -2.36. The lowest BCUT2D eigenvalue weighted by molar-refractivity contribution is 0.0724. The number of rotatable bonds is 6. The van der Waals surface area contributed by atoms with Crippen molar-refractivity contribution in [1.82, 2.24) is 9.80 Å². The third-order valence-corrected chi connectivity index (χ3v) is 3.74. The van der Waals surface area contributed by atoms with E-state index >= 15 is 0 Å². The third-order valence-electron chi connectivity index (χ3n) is 3.74. The summed E-state index contributed by atoms with van der Waals surface area (Å²) in [5.41, 5.74) is 0.922. The fourth-order valence-corrected chi connectivity index (χ4v) is 2.42. The highest BCUT2D eigenvalue weighted by Crippen LogP contribution is 2.22. The van der Waals surface area contributed by atoms with Crippen molar-refractivity contribution in [2.45, 2.75) is 6.54 Å². The maximum atomic E-state index is 14.1. The van der Waals surface area contributed by atoms with Crippen LogP contribution in [0.1, 0.15) is 21.5 Å². The maximum absolute atomic E-state index is 14.1. The van der Waals surface area contributed by atoms with Crippen LogP contribution in [0.3, 0.4) is 0 Å². The number of amides is 1. The molecule has 6 heteroatoms. The second kappa shape index (κ2) is 8.27. The molecule has 0 unspecified atom stereocenters. The maximum Gasteiger partial charge on any atom is 0.260 e. The van der Waals surface area contributed by atoms with Gasteiger partial charge in [0.1, 0.15) is 17.1 Å². The largest absolute Gasteiger partial charge is 0.507 e. The molecule has 0 saturated carbocycles. The normalized spacial score (nSPS) is 10.5. The van der Waals surface area contributed by atoms with Gasteiger partial charge in [0.2, 0.25) is 0 Å². The Labute approximate surface area is 146 Å². The molecule has 1 N–H and O–H groups in total. The average Bonchev–Trinajstić information content (AvgIpc) is 2.58. The highest BCUT2D eigenvalue weighted by Gasteiger charge is 2.23. The first-order valence-corrected chi connectivity index (χ1v) is 7.83. The molecule has 2 aromatic rings. The molecule has 2 rings (SSSR count). The van der Waals surface area contributed by atoms with Gasteiger partial charge in [-0.3, -0.25) is 4.79 Å². The van der Waals surface area contributed by atoms with E-state index in [1.165, 1.54) is 17.0 Å². The Balaban J connectivity index is 2.31. The van der Waals surface area contributed by atoms with Gasteiger partial charge in [-0.2, -0.15) is 5.26 Å². The van der Waals surface area contributed by atoms with Gasteiger partial charge >= 0.3 is 0 Å². The summed E-state index contributed by atoms with van der Waals surface area (Å²) in [6.45, 7) is 1.16. The Kier molecular flexibility index (Phi) is 6.09. The highest BCUT2D eigenvalue weighted by molar-refractivity contribution is 5.97. The summed E-state index contributed by atoms with van der Waals surface area (Å²) in [6.07, 6.45) is 0. The predicted octanol–water partition coefficient (Wildman–Crippen LogP) is 2.61. The summed E-state index contributed by atoms with van der Waals surface area (Å²) in [4.78, 5) is 16.2. The molecule has 0 bridgehead atoms. The van der Waals surface area contributed by atoms with E-state index in [1.54, 1.807) is 24.3 Å². The minimum atomic E-state index is -0.759. The number of phenols is 1. The second-order valence-corrected chi connectivity index (χ2v) is 5.98. The molecule has 0 aromatic heterocycles. The van der Waals surface area contributed by atoms with Gasteiger partial charge < -0.3 is 14.9 Å². The monoisotopic (exact) mass is 341 g/mol. The van der Waals surface area contributed by atoms with E-state index in [2.05, 4.69) is 6.07 Å². The topological polar surface area (TPSA) is 67.6 Å². The number of nitriles is 1. The van der Waals surface area contributed by atoms with Crippen LogP contribution in [0.5, 0.6) is 5.75 Å². The average molecular weight is 341 g/mol. The summed E-state index contributed by atoms with van der Waals surface area (Å²) in [5.74, 6) is -1.73. The Morgan fingerprint density at radius 1 is 1.20 bits per heavy atom. The molecular weight excluding hydrogens is 321 g/mol. The van der Waals surface area contributed by atoms with E-state index in [1.807, 2.05) is 19.0 Å². The molecule has 0 aliphatic carbocycles. The molecule has 25 heavy (non-hydrogen) atoms. The summed E-state index contributed by atoms with van der Waals surface area (Å²) in [5, 5.41) is 18.9. The van der Waals surface area contributed by atoms with Gasteiger partial charge in [0, 0.05) is 19.6 Å². The van der Waals surface area contributed by atoms with Crippen LogP contribution in [0.15, 0.2) is 42.5 Å². The van der Waals surface area contributed by atoms with E-state index in [-0.39, 0.29) is 17.9 Å². The Morgan fingerprint density at radius 2 is 1.92 bits per heavy atom. The van der Waals surface area contributed by atoms with Gasteiger partial charge in [-0.1, -0.05) is 18.2 Å². The van der Waals surface area contributed by atoms with Gasteiger partial charge in [-0.25, -0.2) is 4.39 Å². The van der Waals surface area contributed by atoms with Crippen molar-refractivity contribution >= 4 is 5.91 Å². The molecule has 5 nitrogen and oxygen atoms in total. The van der Waals surface area contributed by atoms with E-state index in [0.29, 0.717) is 18.7 Å². The number of halogens is 1. The zero-order valence-electron chi connectivity index (χ0n) is 14.2. The van der Waals surface area contributed by atoms with Crippen molar-refractivity contribution in [3.05, 3.63) is 65.0 Å². The fourth-order valence-electron chi connectivity index (χ4n) is 2.42. The smallest absolute Gasteiger partial charge is 0.260 e. The van der Waals surface area contributed by atoms with Crippen molar-refractivity contribution < 1.29 is 14.3 Å². The van der Waals surface area contributed by atoms with Gasteiger partial charge in [0.05, 0.1) is 11.6 Å². The van der Waals surface area contributed by atoms with Gasteiger partial charge in [-0.05, 0) is 43.9 Å². The highest BCUT2D eigenvalue weighted by atomic mass is 19.1. The lowest BCUT2D eigenvalue weighted by Gasteiger charge is -2.25. The van der Waals surface area contributed by atoms with Crippen molar-refractivity contribution in [3.63, 3.8) is 0 Å². The van der Waals surface area contributed by atoms with Crippen molar-refractivity contribution in [2.75, 3.05) is 27.2 Å². The summed E-state index contributed by atoms with van der Waals surface area (Å²) in [6, 6.07) is 12.8. The predicted molar refractivity (Wildman–Crippen MR) is 92.5 cm³/mol. The first kappa shape index (κ1) is 18.4. The van der Waals surface area contributed by atoms with Crippen molar-refractivity contribution in [2.24, 2.45) is 0 Å². The van der Waals surface area contributed by atoms with Crippen LogP contribution >= 0.6 is 0 Å². The third kappa shape index (κ3) is 4.78. The molecule has 2 aromatic carbocycles. The van der Waals surface area contributed by atoms with Crippen LogP contribution in [0.2, 0.25) is 0 Å². The quantitative estimate of drug-likeness (QED) is 0.877. The number of benzene rings is 2. The zero-order valence-corrected chi connectivity index (χ0v) is 14.2. The molecule has 0 spiro atoms. The molecule has 130 valence electrons. The molecule has 0 saturated heterocycles. The second-order valence-electron chi connectivity index (χ2n) is 5.98. The van der Waals surface area contributed by atoms with Crippen LogP contribution in [0, 0.1) is 17.1 Å². The summed E-state index contributed by atoms with van der Waals surface area (Å²) >= 11 is 0. The number of aromatic hydroxyl groups is 1. The van der Waals surface area contributed by atoms with Crippen LogP contribution in [0.25, 0.3) is 0 Å². The summed E-state index contributed by atoms with van der Waals surface area (Å²) in [7, 11) is 3.75. The first-order valence-electron chi connectivity index (χ1n) is 7.83. The van der Waals surface area contributed by atoms with Crippen molar-refractivity contribution in [3.8, 4) is 11.8 Å². The zero-order chi connectivity index (χ0) is 18.4. The van der Waals surface area contributed by atoms with E-state index < -0.39 is 11.7 Å². The molecule has 0 aliphatic rings. The lowest BCUT2D eigenvalue weighted by atomic mass is 10.1. The van der Waals surface area contributed by atoms with Gasteiger partial charge in [0.25, 0.3) is 5.91 Å². The van der Waals surface area contributed by atoms with Gasteiger partial charge in [0.15, 0.2) is 0 Å². The number of likely N-dealkylation sites (N-methyl/N-ethyl adjacent to an activating group) is 1. The van der Waals surface area contributed by atoms with Crippen LogP contribution in [-0.2, 0) is 6.54 Å². The molecule has 0 fully saturated rings. The minimum absolute atomic E-state index is 0.218. The van der Waals surface area contributed by atoms with Crippen LogP contribution < -0.4 is 0 Å². The first-order chi connectivity index (χ1) is 11.9. The van der Waals surface area contributed by atoms with E-state index in [4.69, 9.17) is 5.26 Å². The molecule has 0 atom stereocenters. The van der Waals surface area contributed by atoms with E-state index in [9.17, 15) is 14.3 Å². The number of hydrogen-bond acceptors (Lipinski definition) is 4. The number of hydrogen-bond donors (Lipinski definition) is 1. The Bertz CT molecular complexity index is 779. The number of carbonyl (C=O) groups is 1.